The van der Waals surface area contributed by atoms with Gasteiger partial charge in [0.15, 0.2) is 11.6 Å². The van der Waals surface area contributed by atoms with E-state index in [1.807, 2.05) is 0 Å². The first-order chi connectivity index (χ1) is 7.18. The van der Waals surface area contributed by atoms with E-state index < -0.39 is 0 Å². The summed E-state index contributed by atoms with van der Waals surface area (Å²) in [7, 11) is 1.70. The SMILES string of the molecule is Cn1nc(C2CCCC3CC32)c(F)c1N. The minimum atomic E-state index is -0.282. The summed E-state index contributed by atoms with van der Waals surface area (Å²) in [6.07, 6.45) is 4.88. The lowest BCUT2D eigenvalue weighted by Crippen LogP contribution is -2.10. The molecule has 1 heterocycles. The maximum absolute atomic E-state index is 13.8. The van der Waals surface area contributed by atoms with E-state index in [0.29, 0.717) is 17.5 Å². The number of halogens is 1. The highest BCUT2D eigenvalue weighted by Gasteiger charge is 2.47. The Kier molecular flexibility index (Phi) is 1.82. The summed E-state index contributed by atoms with van der Waals surface area (Å²) >= 11 is 0. The van der Waals surface area contributed by atoms with Crippen LogP contribution < -0.4 is 5.73 Å². The van der Waals surface area contributed by atoms with Gasteiger partial charge < -0.3 is 5.73 Å². The molecule has 15 heavy (non-hydrogen) atoms. The molecule has 2 saturated carbocycles. The van der Waals surface area contributed by atoms with Crippen LogP contribution in [-0.2, 0) is 7.05 Å². The summed E-state index contributed by atoms with van der Waals surface area (Å²) in [6.45, 7) is 0. The number of aryl methyl sites for hydroxylation is 1. The summed E-state index contributed by atoms with van der Waals surface area (Å²) in [5.74, 6) is 1.74. The topological polar surface area (TPSA) is 43.8 Å². The minimum absolute atomic E-state index is 0.174. The van der Waals surface area contributed by atoms with Crippen LogP contribution in [-0.4, -0.2) is 9.78 Å². The molecule has 82 valence electrons. The van der Waals surface area contributed by atoms with Crippen molar-refractivity contribution in [2.45, 2.75) is 31.6 Å². The van der Waals surface area contributed by atoms with Gasteiger partial charge in [0.25, 0.3) is 0 Å². The Morgan fingerprint density at radius 1 is 1.47 bits per heavy atom. The number of rotatable bonds is 1. The predicted octanol–water partition coefficient (Wildman–Crippen LogP) is 2.04. The summed E-state index contributed by atoms with van der Waals surface area (Å²) in [5, 5.41) is 4.23. The van der Waals surface area contributed by atoms with E-state index in [0.717, 1.165) is 12.3 Å². The molecule has 3 atom stereocenters. The van der Waals surface area contributed by atoms with E-state index in [-0.39, 0.29) is 11.6 Å². The molecule has 0 saturated heterocycles. The molecule has 0 bridgehead atoms. The van der Waals surface area contributed by atoms with Crippen molar-refractivity contribution >= 4 is 5.82 Å². The molecule has 0 aromatic carbocycles. The third-order valence-electron chi connectivity index (χ3n) is 3.99. The van der Waals surface area contributed by atoms with Crippen LogP contribution >= 0.6 is 0 Å². The Bertz CT molecular complexity index is 399. The Hall–Kier alpha value is -1.06. The van der Waals surface area contributed by atoms with Crippen LogP contribution in [0.25, 0.3) is 0 Å². The van der Waals surface area contributed by atoms with Gasteiger partial charge in [-0.15, -0.1) is 0 Å². The number of nitrogens with zero attached hydrogens (tertiary/aromatic N) is 2. The smallest absolute Gasteiger partial charge is 0.188 e. The molecule has 1 aromatic rings. The van der Waals surface area contributed by atoms with Crippen molar-refractivity contribution in [1.29, 1.82) is 0 Å². The molecule has 0 amide bonds. The number of hydrogen-bond donors (Lipinski definition) is 1. The van der Waals surface area contributed by atoms with E-state index in [2.05, 4.69) is 5.10 Å². The highest BCUT2D eigenvalue weighted by molar-refractivity contribution is 5.35. The van der Waals surface area contributed by atoms with Gasteiger partial charge in [0.05, 0.1) is 0 Å². The van der Waals surface area contributed by atoms with Crippen molar-refractivity contribution in [2.24, 2.45) is 18.9 Å². The molecule has 3 rings (SSSR count). The third kappa shape index (κ3) is 1.27. The highest BCUT2D eigenvalue weighted by atomic mass is 19.1. The van der Waals surface area contributed by atoms with Gasteiger partial charge in [-0.25, -0.2) is 4.39 Å². The number of nitrogens with two attached hydrogens (primary N) is 1. The maximum atomic E-state index is 13.8. The number of aromatic nitrogens is 2. The number of anilines is 1. The second-order valence-corrected chi connectivity index (χ2v) is 4.91. The Labute approximate surface area is 88.5 Å². The van der Waals surface area contributed by atoms with Crippen molar-refractivity contribution < 1.29 is 4.39 Å². The molecule has 2 N–H and O–H groups in total. The first-order valence-electron chi connectivity index (χ1n) is 5.66. The second kappa shape index (κ2) is 2.97. The Morgan fingerprint density at radius 3 is 2.93 bits per heavy atom. The van der Waals surface area contributed by atoms with Crippen LogP contribution in [0.15, 0.2) is 0 Å². The van der Waals surface area contributed by atoms with E-state index in [9.17, 15) is 4.39 Å². The van der Waals surface area contributed by atoms with Gasteiger partial charge in [0.1, 0.15) is 5.69 Å². The summed E-state index contributed by atoms with van der Waals surface area (Å²) in [5.41, 5.74) is 6.21. The predicted molar refractivity (Wildman–Crippen MR) is 55.8 cm³/mol. The average molecular weight is 209 g/mol. The van der Waals surface area contributed by atoms with Crippen LogP contribution in [0.1, 0.15) is 37.3 Å². The quantitative estimate of drug-likeness (QED) is 0.769. The van der Waals surface area contributed by atoms with Crippen molar-refractivity contribution in [3.8, 4) is 0 Å². The van der Waals surface area contributed by atoms with E-state index in [4.69, 9.17) is 5.73 Å². The summed E-state index contributed by atoms with van der Waals surface area (Å²) < 4.78 is 15.2. The number of nitrogen functional groups attached to an aromatic ring is 1. The van der Waals surface area contributed by atoms with Crippen molar-refractivity contribution in [2.75, 3.05) is 5.73 Å². The molecule has 1 aromatic heterocycles. The summed E-state index contributed by atoms with van der Waals surface area (Å²) in [6, 6.07) is 0. The normalized spacial score (nSPS) is 33.9. The second-order valence-electron chi connectivity index (χ2n) is 4.91. The fraction of sp³-hybridized carbons (Fsp3) is 0.727. The van der Waals surface area contributed by atoms with Crippen molar-refractivity contribution in [1.82, 2.24) is 9.78 Å². The fourth-order valence-electron chi connectivity index (χ4n) is 3.02. The van der Waals surface area contributed by atoms with Crippen molar-refractivity contribution in [3.05, 3.63) is 11.5 Å². The molecular formula is C11H16FN3. The van der Waals surface area contributed by atoms with Crippen molar-refractivity contribution in [3.63, 3.8) is 0 Å². The van der Waals surface area contributed by atoms with Gasteiger partial charge in [-0.2, -0.15) is 5.10 Å². The van der Waals surface area contributed by atoms with Crippen LogP contribution in [0.5, 0.6) is 0 Å². The molecule has 2 aliphatic carbocycles. The Morgan fingerprint density at radius 2 is 2.27 bits per heavy atom. The minimum Gasteiger partial charge on any atom is -0.381 e. The largest absolute Gasteiger partial charge is 0.381 e. The van der Waals surface area contributed by atoms with Gasteiger partial charge in [-0.3, -0.25) is 4.68 Å². The standard InChI is InChI=1S/C11H16FN3/c1-15-11(13)9(12)10(14-15)7-4-2-3-6-5-8(6)7/h6-8H,2-5,13H2,1H3. The first kappa shape index (κ1) is 9.19. The van der Waals surface area contributed by atoms with E-state index >= 15 is 0 Å². The highest BCUT2D eigenvalue weighted by Crippen LogP contribution is 2.56. The molecule has 0 spiro atoms. The first-order valence-corrected chi connectivity index (χ1v) is 5.66. The van der Waals surface area contributed by atoms with Crippen LogP contribution in [0.4, 0.5) is 10.2 Å². The van der Waals surface area contributed by atoms with E-state index in [1.54, 1.807) is 7.05 Å². The third-order valence-corrected chi connectivity index (χ3v) is 3.99. The van der Waals surface area contributed by atoms with Gasteiger partial charge in [0.2, 0.25) is 0 Å². The molecule has 2 aliphatic rings. The van der Waals surface area contributed by atoms with Gasteiger partial charge in [0, 0.05) is 13.0 Å². The zero-order chi connectivity index (χ0) is 10.6. The van der Waals surface area contributed by atoms with E-state index in [1.165, 1.54) is 23.9 Å². The number of hydrogen-bond acceptors (Lipinski definition) is 2. The van der Waals surface area contributed by atoms with Gasteiger partial charge >= 0.3 is 0 Å². The monoisotopic (exact) mass is 209 g/mol. The molecule has 0 radical (unpaired) electrons. The fourth-order valence-corrected chi connectivity index (χ4v) is 3.02. The Balaban J connectivity index is 1.94. The molecule has 4 heteroatoms. The van der Waals surface area contributed by atoms with Crippen LogP contribution in [0, 0.1) is 17.7 Å². The zero-order valence-electron chi connectivity index (χ0n) is 8.91. The molecule has 2 fully saturated rings. The molecule has 3 unspecified atom stereocenters. The molecule has 0 aliphatic heterocycles. The van der Waals surface area contributed by atoms with Gasteiger partial charge in [-0.1, -0.05) is 12.8 Å². The molecular weight excluding hydrogens is 193 g/mol. The lowest BCUT2D eigenvalue weighted by molar-refractivity contribution is 0.400. The maximum Gasteiger partial charge on any atom is 0.188 e. The summed E-state index contributed by atoms with van der Waals surface area (Å²) in [4.78, 5) is 0. The lowest BCUT2D eigenvalue weighted by atomic mass is 9.86. The van der Waals surface area contributed by atoms with Crippen LogP contribution in [0.2, 0.25) is 0 Å². The molecule has 3 nitrogen and oxygen atoms in total. The zero-order valence-corrected chi connectivity index (χ0v) is 8.91. The van der Waals surface area contributed by atoms with Crippen LogP contribution in [0.3, 0.4) is 0 Å². The van der Waals surface area contributed by atoms with Gasteiger partial charge in [-0.05, 0) is 24.7 Å². The lowest BCUT2D eigenvalue weighted by Gasteiger charge is -2.19. The average Bonchev–Trinajstić information content (AvgIpc) is 2.97. The number of fused-ring (bicyclic) bond motifs is 1.